The van der Waals surface area contributed by atoms with Gasteiger partial charge in [0, 0.05) is 29.1 Å². The third-order valence-electron chi connectivity index (χ3n) is 3.84. The lowest BCUT2D eigenvalue weighted by Gasteiger charge is -2.20. The number of carbonyl (C=O) groups excluding carboxylic acids is 1. The zero-order valence-corrected chi connectivity index (χ0v) is 12.8. The second-order valence-corrected chi connectivity index (χ2v) is 5.42. The number of hydrogen-bond acceptors (Lipinski definition) is 3. The summed E-state index contributed by atoms with van der Waals surface area (Å²) in [6.45, 7) is 7.57. The van der Waals surface area contributed by atoms with Gasteiger partial charge in [0.15, 0.2) is 0 Å². The first kappa shape index (κ1) is 15.0. The van der Waals surface area contributed by atoms with E-state index in [0.29, 0.717) is 17.7 Å². The molecule has 0 fully saturated rings. The summed E-state index contributed by atoms with van der Waals surface area (Å²) in [4.78, 5) is 16.8. The Morgan fingerprint density at radius 2 is 1.90 bits per heavy atom. The van der Waals surface area contributed by atoms with Crippen molar-refractivity contribution in [2.24, 2.45) is 10.9 Å². The molecule has 0 bridgehead atoms. The van der Waals surface area contributed by atoms with Gasteiger partial charge in [-0.2, -0.15) is 5.26 Å². The van der Waals surface area contributed by atoms with Crippen LogP contribution in [0.4, 0.5) is 5.69 Å². The van der Waals surface area contributed by atoms with E-state index in [1.165, 1.54) is 0 Å². The van der Waals surface area contributed by atoms with E-state index in [0.717, 1.165) is 22.5 Å². The Hall–Kier alpha value is -2.41. The number of allylic oxidation sites excluding steroid dienone is 1. The van der Waals surface area contributed by atoms with Crippen LogP contribution in [0.2, 0.25) is 0 Å². The smallest absolute Gasteiger partial charge is 0.253 e. The Bertz CT molecular complexity index is 672. The van der Waals surface area contributed by atoms with Crippen LogP contribution in [0.25, 0.3) is 0 Å². The third-order valence-corrected chi connectivity index (χ3v) is 3.84. The van der Waals surface area contributed by atoms with Gasteiger partial charge in [-0.25, -0.2) is 0 Å². The average molecular weight is 281 g/mol. The highest BCUT2D eigenvalue weighted by atomic mass is 16.1. The molecule has 1 aliphatic rings. The molecule has 1 amide bonds. The Balaban J connectivity index is 2.29. The largest absolute Gasteiger partial charge is 0.322 e. The summed E-state index contributed by atoms with van der Waals surface area (Å²) < 4.78 is 0. The minimum absolute atomic E-state index is 0.165. The number of benzene rings is 1. The average Bonchev–Trinajstić information content (AvgIpc) is 2.43. The Morgan fingerprint density at radius 1 is 1.29 bits per heavy atom. The molecule has 1 unspecified atom stereocenters. The van der Waals surface area contributed by atoms with Crippen molar-refractivity contribution in [1.29, 1.82) is 5.26 Å². The molecule has 4 heteroatoms. The first-order valence-electron chi connectivity index (χ1n) is 6.96. The van der Waals surface area contributed by atoms with E-state index in [2.05, 4.69) is 16.4 Å². The molecule has 0 aromatic heterocycles. The number of hydrogen-bond donors (Lipinski definition) is 1. The van der Waals surface area contributed by atoms with Gasteiger partial charge in [-0.3, -0.25) is 9.79 Å². The number of aliphatic imine (C=N–C) groups is 1. The minimum atomic E-state index is -0.313. The van der Waals surface area contributed by atoms with E-state index < -0.39 is 0 Å². The SMILES string of the molecule is CC1=NC(C)=C(C(=O)Nc2c(C)cccc2C)CC1C#N. The topological polar surface area (TPSA) is 65.2 Å². The molecule has 1 aliphatic heterocycles. The summed E-state index contributed by atoms with van der Waals surface area (Å²) in [5.41, 5.74) is 4.95. The van der Waals surface area contributed by atoms with Crippen molar-refractivity contribution in [2.45, 2.75) is 34.1 Å². The fourth-order valence-corrected chi connectivity index (χ4v) is 2.51. The highest BCUT2D eigenvalue weighted by Crippen LogP contribution is 2.26. The Labute approximate surface area is 125 Å². The van der Waals surface area contributed by atoms with Gasteiger partial charge in [0.1, 0.15) is 0 Å². The van der Waals surface area contributed by atoms with Gasteiger partial charge in [-0.05, 0) is 38.8 Å². The van der Waals surface area contributed by atoms with Gasteiger partial charge in [-0.15, -0.1) is 0 Å². The van der Waals surface area contributed by atoms with Crippen molar-refractivity contribution < 1.29 is 4.79 Å². The summed E-state index contributed by atoms with van der Waals surface area (Å²) in [5, 5.41) is 12.1. The summed E-state index contributed by atoms with van der Waals surface area (Å²) in [6, 6.07) is 8.09. The number of rotatable bonds is 2. The van der Waals surface area contributed by atoms with E-state index in [4.69, 9.17) is 5.26 Å². The van der Waals surface area contributed by atoms with Crippen molar-refractivity contribution in [3.63, 3.8) is 0 Å². The predicted molar refractivity (Wildman–Crippen MR) is 84.1 cm³/mol. The van der Waals surface area contributed by atoms with E-state index >= 15 is 0 Å². The fraction of sp³-hybridized carbons (Fsp3) is 0.353. The zero-order chi connectivity index (χ0) is 15.6. The maximum Gasteiger partial charge on any atom is 0.253 e. The molecular formula is C17H19N3O. The van der Waals surface area contributed by atoms with Gasteiger partial charge < -0.3 is 5.32 Å². The van der Waals surface area contributed by atoms with E-state index in [1.54, 1.807) is 0 Å². The lowest BCUT2D eigenvalue weighted by molar-refractivity contribution is -0.113. The van der Waals surface area contributed by atoms with E-state index in [9.17, 15) is 4.79 Å². The van der Waals surface area contributed by atoms with E-state index in [-0.39, 0.29) is 11.8 Å². The number of nitrogens with one attached hydrogen (secondary N) is 1. The molecule has 0 spiro atoms. The zero-order valence-electron chi connectivity index (χ0n) is 12.8. The van der Waals surface area contributed by atoms with Crippen LogP contribution in [0.1, 0.15) is 31.4 Å². The lowest BCUT2D eigenvalue weighted by Crippen LogP contribution is -2.24. The van der Waals surface area contributed by atoms with Crippen LogP contribution in [-0.4, -0.2) is 11.6 Å². The first-order valence-corrected chi connectivity index (χ1v) is 6.96. The highest BCUT2D eigenvalue weighted by Gasteiger charge is 2.25. The van der Waals surface area contributed by atoms with Crippen LogP contribution in [0, 0.1) is 31.1 Å². The van der Waals surface area contributed by atoms with Crippen LogP contribution in [0.3, 0.4) is 0 Å². The van der Waals surface area contributed by atoms with Gasteiger partial charge in [0.05, 0.1) is 12.0 Å². The van der Waals surface area contributed by atoms with Gasteiger partial charge in [0.2, 0.25) is 0 Å². The van der Waals surface area contributed by atoms with Crippen molar-refractivity contribution in [1.82, 2.24) is 0 Å². The first-order chi connectivity index (χ1) is 9.93. The van der Waals surface area contributed by atoms with Crippen molar-refractivity contribution in [2.75, 3.05) is 5.32 Å². The number of nitrogens with zero attached hydrogens (tertiary/aromatic N) is 2. The minimum Gasteiger partial charge on any atom is -0.322 e. The number of aryl methyl sites for hydroxylation is 2. The third kappa shape index (κ3) is 3.03. The Kier molecular flexibility index (Phi) is 4.23. The van der Waals surface area contributed by atoms with Crippen molar-refractivity contribution >= 4 is 17.3 Å². The molecule has 108 valence electrons. The summed E-state index contributed by atoms with van der Waals surface area (Å²) in [7, 11) is 0. The van der Waals surface area contributed by atoms with Crippen LogP contribution in [0.15, 0.2) is 34.5 Å². The summed E-state index contributed by atoms with van der Waals surface area (Å²) in [6.07, 6.45) is 0.425. The number of carbonyl (C=O) groups is 1. The normalized spacial score (nSPS) is 18.0. The lowest BCUT2D eigenvalue weighted by atomic mass is 9.92. The van der Waals surface area contributed by atoms with Gasteiger partial charge in [0.25, 0.3) is 5.91 Å². The van der Waals surface area contributed by atoms with Crippen molar-refractivity contribution in [3.05, 3.63) is 40.6 Å². The molecular weight excluding hydrogens is 262 g/mol. The number of anilines is 1. The molecule has 2 rings (SSSR count). The molecule has 0 radical (unpaired) electrons. The van der Waals surface area contributed by atoms with E-state index in [1.807, 2.05) is 45.9 Å². The highest BCUT2D eigenvalue weighted by molar-refractivity contribution is 6.06. The van der Waals surface area contributed by atoms with Crippen LogP contribution < -0.4 is 5.32 Å². The van der Waals surface area contributed by atoms with Crippen LogP contribution in [0.5, 0.6) is 0 Å². The molecule has 0 saturated carbocycles. The second kappa shape index (κ2) is 5.92. The maximum atomic E-state index is 12.5. The molecule has 0 saturated heterocycles. The molecule has 1 heterocycles. The molecule has 4 nitrogen and oxygen atoms in total. The fourth-order valence-electron chi connectivity index (χ4n) is 2.51. The predicted octanol–water partition coefficient (Wildman–Crippen LogP) is 3.52. The summed E-state index contributed by atoms with van der Waals surface area (Å²) >= 11 is 0. The molecule has 21 heavy (non-hydrogen) atoms. The molecule has 1 aromatic carbocycles. The number of nitriles is 1. The maximum absolute atomic E-state index is 12.5. The monoisotopic (exact) mass is 281 g/mol. The summed E-state index contributed by atoms with van der Waals surface area (Å²) in [5.74, 6) is -0.478. The van der Waals surface area contributed by atoms with Gasteiger partial charge >= 0.3 is 0 Å². The van der Waals surface area contributed by atoms with Crippen LogP contribution >= 0.6 is 0 Å². The standard InChI is InChI=1S/C17H19N3O/c1-10-6-5-7-11(2)16(10)20-17(21)15-8-14(9-18)12(3)19-13(15)4/h5-7,14H,8H2,1-4H3,(H,20,21). The molecule has 0 aliphatic carbocycles. The number of amides is 1. The molecule has 1 N–H and O–H groups in total. The second-order valence-electron chi connectivity index (χ2n) is 5.42. The Morgan fingerprint density at radius 3 is 2.48 bits per heavy atom. The van der Waals surface area contributed by atoms with Crippen LogP contribution in [-0.2, 0) is 4.79 Å². The van der Waals surface area contributed by atoms with Gasteiger partial charge in [-0.1, -0.05) is 18.2 Å². The number of para-hydroxylation sites is 1. The molecule has 1 atom stereocenters. The molecule has 1 aromatic rings. The quantitative estimate of drug-likeness (QED) is 0.901. The van der Waals surface area contributed by atoms with Crippen molar-refractivity contribution in [3.8, 4) is 6.07 Å².